The molecular weight excluding hydrogens is 420 g/mol. The average molecular weight is 455 g/mol. The molecule has 1 heterocycles. The Labute approximate surface area is 202 Å². The Morgan fingerprint density at radius 2 is 1.82 bits per heavy atom. The molecule has 3 aromatic rings. The number of anilines is 1. The van der Waals surface area contributed by atoms with Crippen molar-refractivity contribution in [2.24, 2.45) is 0 Å². The van der Waals surface area contributed by atoms with Gasteiger partial charge in [0.2, 0.25) is 5.91 Å². The maximum Gasteiger partial charge on any atom is 0.248 e. The number of rotatable bonds is 8. The smallest absolute Gasteiger partial charge is 0.248 e. The molecule has 0 spiro atoms. The molecule has 34 heavy (non-hydrogen) atoms. The zero-order valence-electron chi connectivity index (χ0n) is 19.9. The SMILES string of the molecule is Cc1ccc(-c2cccc(/C=C/C(=O)Nc3ccc(CN4CCCCC4CCO)cc3)c2)cc1. The second-order valence-electron chi connectivity index (χ2n) is 9.14. The Morgan fingerprint density at radius 1 is 1.03 bits per heavy atom. The Morgan fingerprint density at radius 3 is 2.59 bits per heavy atom. The van der Waals surface area contributed by atoms with Gasteiger partial charge in [-0.25, -0.2) is 0 Å². The number of carbonyl (C=O) groups is 1. The molecule has 1 aliphatic rings. The predicted molar refractivity (Wildman–Crippen MR) is 140 cm³/mol. The highest BCUT2D eigenvalue weighted by molar-refractivity contribution is 6.02. The number of hydrogen-bond donors (Lipinski definition) is 2. The second-order valence-corrected chi connectivity index (χ2v) is 9.14. The maximum atomic E-state index is 12.5. The molecule has 2 N–H and O–H groups in total. The summed E-state index contributed by atoms with van der Waals surface area (Å²) in [5, 5.41) is 12.3. The number of piperidine rings is 1. The first-order chi connectivity index (χ1) is 16.6. The number of amides is 1. The van der Waals surface area contributed by atoms with Crippen LogP contribution in [-0.2, 0) is 11.3 Å². The summed E-state index contributed by atoms with van der Waals surface area (Å²) in [5.41, 5.74) is 6.54. The molecule has 4 heteroatoms. The number of hydrogen-bond acceptors (Lipinski definition) is 3. The van der Waals surface area contributed by atoms with E-state index in [-0.39, 0.29) is 12.5 Å². The van der Waals surface area contributed by atoms with Gasteiger partial charge in [-0.15, -0.1) is 0 Å². The monoisotopic (exact) mass is 454 g/mol. The Hall–Kier alpha value is -3.21. The number of benzene rings is 3. The predicted octanol–water partition coefficient (Wildman–Crippen LogP) is 6.05. The minimum Gasteiger partial charge on any atom is -0.396 e. The normalized spacial score (nSPS) is 16.6. The van der Waals surface area contributed by atoms with Crippen LogP contribution in [0.2, 0.25) is 0 Å². The molecule has 0 saturated carbocycles. The summed E-state index contributed by atoms with van der Waals surface area (Å²) in [4.78, 5) is 14.9. The zero-order valence-corrected chi connectivity index (χ0v) is 19.9. The third-order valence-electron chi connectivity index (χ3n) is 6.52. The van der Waals surface area contributed by atoms with Crippen molar-refractivity contribution < 1.29 is 9.90 Å². The van der Waals surface area contributed by atoms with Crippen molar-refractivity contribution in [3.05, 3.63) is 95.6 Å². The Kier molecular flexibility index (Phi) is 8.29. The summed E-state index contributed by atoms with van der Waals surface area (Å²) in [6, 6.07) is 25.2. The van der Waals surface area contributed by atoms with Crippen molar-refractivity contribution in [3.63, 3.8) is 0 Å². The van der Waals surface area contributed by atoms with Crippen LogP contribution >= 0.6 is 0 Å². The minimum atomic E-state index is -0.146. The highest BCUT2D eigenvalue weighted by Crippen LogP contribution is 2.23. The van der Waals surface area contributed by atoms with E-state index >= 15 is 0 Å². The van der Waals surface area contributed by atoms with Crippen LogP contribution in [0.1, 0.15) is 42.4 Å². The molecule has 1 saturated heterocycles. The quantitative estimate of drug-likeness (QED) is 0.407. The molecule has 0 aromatic heterocycles. The van der Waals surface area contributed by atoms with Crippen molar-refractivity contribution >= 4 is 17.7 Å². The fourth-order valence-electron chi connectivity index (χ4n) is 4.60. The van der Waals surface area contributed by atoms with Gasteiger partial charge in [-0.05, 0) is 79.3 Å². The van der Waals surface area contributed by atoms with E-state index in [4.69, 9.17) is 0 Å². The topological polar surface area (TPSA) is 52.6 Å². The number of aliphatic hydroxyl groups excluding tert-OH is 1. The lowest BCUT2D eigenvalue weighted by Crippen LogP contribution is -2.39. The summed E-state index contributed by atoms with van der Waals surface area (Å²) in [6.07, 6.45) is 7.89. The lowest BCUT2D eigenvalue weighted by atomic mass is 9.99. The van der Waals surface area contributed by atoms with Gasteiger partial charge in [-0.1, -0.05) is 66.6 Å². The van der Waals surface area contributed by atoms with Gasteiger partial charge in [0.1, 0.15) is 0 Å². The van der Waals surface area contributed by atoms with Gasteiger partial charge in [0, 0.05) is 31.0 Å². The van der Waals surface area contributed by atoms with Crippen LogP contribution in [0.3, 0.4) is 0 Å². The second kappa shape index (κ2) is 11.8. The van der Waals surface area contributed by atoms with Crippen molar-refractivity contribution in [1.29, 1.82) is 0 Å². The molecule has 1 aliphatic heterocycles. The number of likely N-dealkylation sites (tertiary alicyclic amines) is 1. The molecule has 1 unspecified atom stereocenters. The van der Waals surface area contributed by atoms with E-state index in [1.807, 2.05) is 30.3 Å². The van der Waals surface area contributed by atoms with Crippen LogP contribution < -0.4 is 5.32 Å². The van der Waals surface area contributed by atoms with E-state index in [0.717, 1.165) is 48.3 Å². The Balaban J connectivity index is 1.33. The third-order valence-corrected chi connectivity index (χ3v) is 6.52. The van der Waals surface area contributed by atoms with E-state index in [9.17, 15) is 9.90 Å². The molecule has 1 atom stereocenters. The molecule has 1 amide bonds. The first-order valence-corrected chi connectivity index (χ1v) is 12.2. The van der Waals surface area contributed by atoms with Crippen LogP contribution in [0.5, 0.6) is 0 Å². The lowest BCUT2D eigenvalue weighted by Gasteiger charge is -2.35. The van der Waals surface area contributed by atoms with Gasteiger partial charge in [-0.3, -0.25) is 9.69 Å². The number of nitrogens with one attached hydrogen (secondary N) is 1. The maximum absolute atomic E-state index is 12.5. The van der Waals surface area contributed by atoms with Crippen LogP contribution in [0, 0.1) is 6.92 Å². The number of aliphatic hydroxyl groups is 1. The number of carbonyl (C=O) groups excluding carboxylic acids is 1. The largest absolute Gasteiger partial charge is 0.396 e. The first-order valence-electron chi connectivity index (χ1n) is 12.2. The molecule has 176 valence electrons. The molecule has 3 aromatic carbocycles. The van der Waals surface area contributed by atoms with E-state index < -0.39 is 0 Å². The minimum absolute atomic E-state index is 0.146. The number of aryl methyl sites for hydroxylation is 1. The Bertz CT molecular complexity index is 1100. The van der Waals surface area contributed by atoms with Crippen molar-refractivity contribution in [3.8, 4) is 11.1 Å². The van der Waals surface area contributed by atoms with E-state index in [0.29, 0.717) is 6.04 Å². The molecule has 4 rings (SSSR count). The summed E-state index contributed by atoms with van der Waals surface area (Å²) >= 11 is 0. The fraction of sp³-hybridized carbons (Fsp3) is 0.300. The van der Waals surface area contributed by atoms with Gasteiger partial charge >= 0.3 is 0 Å². The zero-order chi connectivity index (χ0) is 23.8. The molecule has 0 aliphatic carbocycles. The van der Waals surface area contributed by atoms with Gasteiger partial charge < -0.3 is 10.4 Å². The molecule has 1 fully saturated rings. The van der Waals surface area contributed by atoms with Crippen LogP contribution in [0.25, 0.3) is 17.2 Å². The van der Waals surface area contributed by atoms with Crippen molar-refractivity contribution in [2.45, 2.75) is 45.2 Å². The lowest BCUT2D eigenvalue weighted by molar-refractivity contribution is -0.111. The highest BCUT2D eigenvalue weighted by Gasteiger charge is 2.21. The van der Waals surface area contributed by atoms with Gasteiger partial charge in [-0.2, -0.15) is 0 Å². The molecule has 0 radical (unpaired) electrons. The standard InChI is InChI=1S/C30H34N2O2/c1-23-8-13-26(14-9-23)27-6-4-5-24(21-27)12-17-30(34)31-28-15-10-25(11-16-28)22-32-19-3-2-7-29(32)18-20-33/h4-6,8-17,21,29,33H,2-3,7,18-20,22H2,1H3,(H,31,34)/b17-12+. The van der Waals surface area contributed by atoms with Gasteiger partial charge in [0.25, 0.3) is 0 Å². The summed E-state index contributed by atoms with van der Waals surface area (Å²) in [6.45, 7) is 4.30. The molecular formula is C30H34N2O2. The first kappa shape index (κ1) is 23.9. The van der Waals surface area contributed by atoms with E-state index in [2.05, 4.69) is 65.7 Å². The highest BCUT2D eigenvalue weighted by atomic mass is 16.3. The summed E-state index contributed by atoms with van der Waals surface area (Å²) in [5.74, 6) is -0.146. The van der Waals surface area contributed by atoms with Crippen LogP contribution in [0.4, 0.5) is 5.69 Å². The summed E-state index contributed by atoms with van der Waals surface area (Å²) < 4.78 is 0. The molecule has 0 bridgehead atoms. The molecule has 4 nitrogen and oxygen atoms in total. The summed E-state index contributed by atoms with van der Waals surface area (Å²) in [7, 11) is 0. The third kappa shape index (κ3) is 6.66. The number of nitrogens with zero attached hydrogens (tertiary/aromatic N) is 1. The van der Waals surface area contributed by atoms with E-state index in [1.54, 1.807) is 6.08 Å². The average Bonchev–Trinajstić information content (AvgIpc) is 2.86. The van der Waals surface area contributed by atoms with E-state index in [1.165, 1.54) is 24.0 Å². The van der Waals surface area contributed by atoms with Crippen molar-refractivity contribution in [1.82, 2.24) is 4.90 Å². The van der Waals surface area contributed by atoms with Crippen molar-refractivity contribution in [2.75, 3.05) is 18.5 Å². The fourth-order valence-corrected chi connectivity index (χ4v) is 4.60. The van der Waals surface area contributed by atoms with Crippen LogP contribution in [0.15, 0.2) is 78.9 Å². The van der Waals surface area contributed by atoms with Crippen LogP contribution in [-0.4, -0.2) is 35.1 Å². The van der Waals surface area contributed by atoms with Gasteiger partial charge in [0.15, 0.2) is 0 Å². The van der Waals surface area contributed by atoms with Gasteiger partial charge in [0.05, 0.1) is 0 Å².